The Kier molecular flexibility index (Phi) is 8.29. The van der Waals surface area contributed by atoms with E-state index in [1.165, 1.54) is 0 Å². The van der Waals surface area contributed by atoms with Gasteiger partial charge in [0, 0.05) is 39.6 Å². The second-order valence-electron chi connectivity index (χ2n) is 7.89. The third-order valence-corrected chi connectivity index (χ3v) is 5.09. The molecule has 7 heteroatoms. The van der Waals surface area contributed by atoms with E-state index in [4.69, 9.17) is 14.6 Å². The van der Waals surface area contributed by atoms with Crippen LogP contribution in [0.1, 0.15) is 37.5 Å². The van der Waals surface area contributed by atoms with Crippen LogP contribution in [0.2, 0.25) is 0 Å². The number of carbonyl (C=O) groups excluding carboxylic acids is 1. The highest BCUT2D eigenvalue weighted by Gasteiger charge is 2.22. The number of benzene rings is 2. The van der Waals surface area contributed by atoms with Gasteiger partial charge in [0.2, 0.25) is 5.91 Å². The molecule has 0 bridgehead atoms. The van der Waals surface area contributed by atoms with Crippen molar-refractivity contribution in [3.8, 4) is 22.6 Å². The fourth-order valence-electron chi connectivity index (χ4n) is 3.65. The van der Waals surface area contributed by atoms with Gasteiger partial charge in [-0.15, -0.1) is 0 Å². The van der Waals surface area contributed by atoms with Crippen molar-refractivity contribution in [3.63, 3.8) is 0 Å². The molecule has 0 spiro atoms. The molecule has 0 aliphatic carbocycles. The van der Waals surface area contributed by atoms with E-state index in [9.17, 15) is 9.59 Å². The first-order chi connectivity index (χ1) is 15.1. The molecule has 0 heterocycles. The molecule has 0 radical (unpaired) electrons. The number of methoxy groups -OCH3 is 2. The van der Waals surface area contributed by atoms with E-state index in [1.807, 2.05) is 38.1 Å². The maximum atomic E-state index is 12.3. The molecule has 2 aromatic rings. The van der Waals surface area contributed by atoms with Gasteiger partial charge in [0.05, 0.1) is 14.2 Å². The SMILES string of the molecule is COc1c(C)c(-c2ccc(NC(C)C)cc2)c(OC)c(C)c1/C=C(\C)C(=O)NCC(=O)O. The number of anilines is 1. The van der Waals surface area contributed by atoms with Crippen molar-refractivity contribution in [1.82, 2.24) is 5.32 Å². The lowest BCUT2D eigenvalue weighted by Gasteiger charge is -2.21. The summed E-state index contributed by atoms with van der Waals surface area (Å²) in [5.74, 6) is -0.231. The average Bonchev–Trinajstić information content (AvgIpc) is 2.74. The first-order valence-electron chi connectivity index (χ1n) is 10.4. The molecule has 0 fully saturated rings. The third kappa shape index (κ3) is 5.60. The fraction of sp³-hybridized carbons (Fsp3) is 0.360. The van der Waals surface area contributed by atoms with Crippen LogP contribution in [-0.2, 0) is 9.59 Å². The summed E-state index contributed by atoms with van der Waals surface area (Å²) in [5, 5.41) is 14.5. The predicted octanol–water partition coefficient (Wildman–Crippen LogP) is 4.41. The first kappa shape index (κ1) is 24.8. The Morgan fingerprint density at radius 2 is 1.62 bits per heavy atom. The predicted molar refractivity (Wildman–Crippen MR) is 128 cm³/mol. The van der Waals surface area contributed by atoms with Crippen LogP contribution in [0.25, 0.3) is 17.2 Å². The van der Waals surface area contributed by atoms with Gasteiger partial charge in [-0.25, -0.2) is 0 Å². The molecule has 0 atom stereocenters. The van der Waals surface area contributed by atoms with Gasteiger partial charge < -0.3 is 25.2 Å². The summed E-state index contributed by atoms with van der Waals surface area (Å²) in [4.78, 5) is 23.0. The number of hydrogen-bond donors (Lipinski definition) is 3. The summed E-state index contributed by atoms with van der Waals surface area (Å²) in [6.07, 6.45) is 1.69. The topological polar surface area (TPSA) is 96.9 Å². The zero-order valence-electron chi connectivity index (χ0n) is 19.8. The van der Waals surface area contributed by atoms with Crippen LogP contribution in [0, 0.1) is 13.8 Å². The Morgan fingerprint density at radius 1 is 1.03 bits per heavy atom. The average molecular weight is 441 g/mol. The largest absolute Gasteiger partial charge is 0.496 e. The molecule has 0 aromatic heterocycles. The lowest BCUT2D eigenvalue weighted by molar-refractivity contribution is -0.137. The highest BCUT2D eigenvalue weighted by molar-refractivity contribution is 5.99. The first-order valence-corrected chi connectivity index (χ1v) is 10.4. The van der Waals surface area contributed by atoms with Gasteiger partial charge in [0.1, 0.15) is 18.0 Å². The number of amides is 1. The summed E-state index contributed by atoms with van der Waals surface area (Å²) in [6.45, 7) is 9.23. The Hall–Kier alpha value is -3.48. The van der Waals surface area contributed by atoms with Crippen molar-refractivity contribution in [2.24, 2.45) is 0 Å². The van der Waals surface area contributed by atoms with Crippen molar-refractivity contribution in [1.29, 1.82) is 0 Å². The van der Waals surface area contributed by atoms with E-state index in [0.29, 0.717) is 28.7 Å². The monoisotopic (exact) mass is 440 g/mol. The number of hydrogen-bond acceptors (Lipinski definition) is 5. The van der Waals surface area contributed by atoms with Crippen molar-refractivity contribution in [2.45, 2.75) is 40.7 Å². The number of rotatable bonds is 9. The number of carboxylic acid groups (broad SMARTS) is 1. The van der Waals surface area contributed by atoms with Crippen LogP contribution in [-0.4, -0.2) is 43.8 Å². The zero-order valence-corrected chi connectivity index (χ0v) is 19.8. The van der Waals surface area contributed by atoms with E-state index in [2.05, 4.69) is 24.5 Å². The summed E-state index contributed by atoms with van der Waals surface area (Å²) in [6, 6.07) is 8.46. The molecular formula is C25H32N2O5. The van der Waals surface area contributed by atoms with E-state index >= 15 is 0 Å². The molecule has 2 aromatic carbocycles. The van der Waals surface area contributed by atoms with Crippen LogP contribution in [0.4, 0.5) is 5.69 Å². The molecular weight excluding hydrogens is 408 g/mol. The maximum Gasteiger partial charge on any atom is 0.322 e. The fourth-order valence-corrected chi connectivity index (χ4v) is 3.65. The summed E-state index contributed by atoms with van der Waals surface area (Å²) in [5.41, 5.74) is 5.72. The van der Waals surface area contributed by atoms with Gasteiger partial charge in [0.25, 0.3) is 0 Å². The number of nitrogens with one attached hydrogen (secondary N) is 2. The van der Waals surface area contributed by atoms with Gasteiger partial charge in [-0.1, -0.05) is 12.1 Å². The molecule has 32 heavy (non-hydrogen) atoms. The maximum absolute atomic E-state index is 12.3. The van der Waals surface area contributed by atoms with Crippen LogP contribution >= 0.6 is 0 Å². The third-order valence-electron chi connectivity index (χ3n) is 5.09. The molecule has 0 aliphatic rings. The standard InChI is InChI=1S/C25H32N2O5/c1-14(2)27-19-10-8-18(9-11-19)22-17(5)23(31-6)20(16(4)24(22)32-7)12-15(3)25(30)26-13-21(28)29/h8-12,14,27H,13H2,1-7H3,(H,26,30)(H,28,29)/b15-12+. The van der Waals surface area contributed by atoms with Crippen molar-refractivity contribution < 1.29 is 24.2 Å². The van der Waals surface area contributed by atoms with Crippen LogP contribution in [0.5, 0.6) is 11.5 Å². The smallest absolute Gasteiger partial charge is 0.322 e. The highest BCUT2D eigenvalue weighted by atomic mass is 16.5. The minimum atomic E-state index is -1.10. The van der Waals surface area contributed by atoms with Crippen molar-refractivity contribution in [3.05, 3.63) is 46.5 Å². The number of ether oxygens (including phenoxy) is 2. The van der Waals surface area contributed by atoms with E-state index in [-0.39, 0.29) is 0 Å². The molecule has 0 saturated carbocycles. The van der Waals surface area contributed by atoms with E-state index in [0.717, 1.165) is 27.9 Å². The number of aliphatic carboxylic acids is 1. The minimum Gasteiger partial charge on any atom is -0.496 e. The van der Waals surface area contributed by atoms with E-state index in [1.54, 1.807) is 27.2 Å². The lowest BCUT2D eigenvalue weighted by atomic mass is 9.91. The van der Waals surface area contributed by atoms with Crippen molar-refractivity contribution in [2.75, 3.05) is 26.1 Å². The molecule has 1 amide bonds. The molecule has 172 valence electrons. The summed E-state index contributed by atoms with van der Waals surface area (Å²) in [7, 11) is 3.21. The molecule has 2 rings (SSSR count). The molecule has 0 unspecified atom stereocenters. The van der Waals surface area contributed by atoms with Gasteiger partial charge in [0.15, 0.2) is 0 Å². The highest BCUT2D eigenvalue weighted by Crippen LogP contribution is 2.44. The number of carbonyl (C=O) groups is 2. The molecule has 0 saturated heterocycles. The zero-order chi connectivity index (χ0) is 24.0. The van der Waals surface area contributed by atoms with Crippen LogP contribution in [0.15, 0.2) is 29.8 Å². The van der Waals surface area contributed by atoms with Crippen LogP contribution < -0.4 is 20.1 Å². The quantitative estimate of drug-likeness (QED) is 0.500. The van der Waals surface area contributed by atoms with Gasteiger partial charge in [-0.3, -0.25) is 9.59 Å². The Bertz CT molecular complexity index is 1020. The van der Waals surface area contributed by atoms with Crippen molar-refractivity contribution >= 4 is 23.6 Å². The second kappa shape index (κ2) is 10.7. The summed E-state index contributed by atoms with van der Waals surface area (Å²) >= 11 is 0. The Labute approximate surface area is 189 Å². The molecule has 0 aliphatic heterocycles. The molecule has 7 nitrogen and oxygen atoms in total. The molecule has 3 N–H and O–H groups in total. The van der Waals surface area contributed by atoms with E-state index < -0.39 is 18.4 Å². The second-order valence-corrected chi connectivity index (χ2v) is 7.89. The Morgan fingerprint density at radius 3 is 2.12 bits per heavy atom. The van der Waals surface area contributed by atoms with Gasteiger partial charge in [-0.05, 0) is 58.4 Å². The lowest BCUT2D eigenvalue weighted by Crippen LogP contribution is -2.29. The Balaban J connectivity index is 2.59. The van der Waals surface area contributed by atoms with Gasteiger partial charge >= 0.3 is 5.97 Å². The summed E-state index contributed by atoms with van der Waals surface area (Å²) < 4.78 is 11.5. The number of carboxylic acids is 1. The normalized spacial score (nSPS) is 11.3. The van der Waals surface area contributed by atoms with Gasteiger partial charge in [-0.2, -0.15) is 0 Å². The minimum absolute atomic E-state index is 0.335. The van der Waals surface area contributed by atoms with Crippen LogP contribution in [0.3, 0.4) is 0 Å².